The Morgan fingerprint density at radius 1 is 1.05 bits per heavy atom. The number of thiophene rings is 1. The molecule has 2 aromatic rings. The Labute approximate surface area is 118 Å². The zero-order valence-electron chi connectivity index (χ0n) is 11.8. The molecule has 0 aliphatic carbocycles. The number of amides is 1. The van der Waals surface area contributed by atoms with Crippen molar-refractivity contribution in [3.05, 3.63) is 46.8 Å². The van der Waals surface area contributed by atoms with Crippen LogP contribution in [0, 0.1) is 0 Å². The van der Waals surface area contributed by atoms with Crippen LogP contribution in [-0.4, -0.2) is 13.0 Å². The average molecular weight is 273 g/mol. The molecule has 1 aromatic carbocycles. The number of hydrogen-bond acceptors (Lipinski definition) is 2. The highest BCUT2D eigenvalue weighted by Crippen LogP contribution is 2.34. The summed E-state index contributed by atoms with van der Waals surface area (Å²) in [4.78, 5) is 14.1. The number of rotatable bonds is 2. The molecule has 0 atom stereocenters. The molecule has 0 fully saturated rings. The molecule has 1 heterocycles. The summed E-state index contributed by atoms with van der Waals surface area (Å²) in [7, 11) is 1.64. The van der Waals surface area contributed by atoms with Gasteiger partial charge in [0.25, 0.3) is 5.91 Å². The minimum Gasteiger partial charge on any atom is -0.355 e. The number of hydrogen-bond donors (Lipinski definition) is 1. The summed E-state index contributed by atoms with van der Waals surface area (Å²) in [6.45, 7) is 6.66. The normalized spacial score (nSPS) is 11.4. The van der Waals surface area contributed by atoms with E-state index in [9.17, 15) is 4.79 Å². The Morgan fingerprint density at radius 3 is 2.16 bits per heavy atom. The maximum absolute atomic E-state index is 11.5. The standard InChI is InChI=1S/C16H19NOS/c1-16(2,3)14-10-9-13(19-14)11-5-7-12(8-6-11)15(18)17-4/h5-10H,1-4H3,(H,17,18). The molecule has 0 saturated carbocycles. The topological polar surface area (TPSA) is 29.1 Å². The van der Waals surface area contributed by atoms with E-state index < -0.39 is 0 Å². The highest BCUT2D eigenvalue weighted by atomic mass is 32.1. The first-order valence-corrected chi connectivity index (χ1v) is 7.16. The Bertz CT molecular complexity index is 576. The van der Waals surface area contributed by atoms with E-state index in [2.05, 4.69) is 38.2 Å². The van der Waals surface area contributed by atoms with Gasteiger partial charge in [-0.05, 0) is 35.2 Å². The van der Waals surface area contributed by atoms with Gasteiger partial charge >= 0.3 is 0 Å². The molecule has 3 heteroatoms. The van der Waals surface area contributed by atoms with Crippen LogP contribution in [0.15, 0.2) is 36.4 Å². The molecule has 0 saturated heterocycles. The maximum Gasteiger partial charge on any atom is 0.251 e. The number of carbonyl (C=O) groups excluding carboxylic acids is 1. The molecule has 2 rings (SSSR count). The second-order valence-electron chi connectivity index (χ2n) is 5.57. The third-order valence-corrected chi connectivity index (χ3v) is 4.56. The third kappa shape index (κ3) is 3.04. The van der Waals surface area contributed by atoms with Crippen molar-refractivity contribution in [3.8, 4) is 10.4 Å². The number of carbonyl (C=O) groups is 1. The summed E-state index contributed by atoms with van der Waals surface area (Å²) in [5.41, 5.74) is 2.04. The van der Waals surface area contributed by atoms with Crippen molar-refractivity contribution in [2.24, 2.45) is 0 Å². The lowest BCUT2D eigenvalue weighted by Gasteiger charge is -2.15. The van der Waals surface area contributed by atoms with E-state index in [0.717, 1.165) is 5.56 Å². The van der Waals surface area contributed by atoms with Gasteiger partial charge in [-0.25, -0.2) is 0 Å². The largest absolute Gasteiger partial charge is 0.355 e. The molecular weight excluding hydrogens is 254 g/mol. The van der Waals surface area contributed by atoms with E-state index in [4.69, 9.17) is 0 Å². The molecular formula is C16H19NOS. The van der Waals surface area contributed by atoms with Crippen LogP contribution < -0.4 is 5.32 Å². The van der Waals surface area contributed by atoms with Gasteiger partial charge < -0.3 is 5.32 Å². The highest BCUT2D eigenvalue weighted by molar-refractivity contribution is 7.15. The van der Waals surface area contributed by atoms with Crippen LogP contribution in [0.1, 0.15) is 36.0 Å². The van der Waals surface area contributed by atoms with Gasteiger partial charge in [0.2, 0.25) is 0 Å². The minimum absolute atomic E-state index is 0.0480. The summed E-state index contributed by atoms with van der Waals surface area (Å²) < 4.78 is 0. The predicted octanol–water partition coefficient (Wildman–Crippen LogP) is 4.07. The first kappa shape index (κ1) is 13.8. The van der Waals surface area contributed by atoms with E-state index >= 15 is 0 Å². The van der Waals surface area contributed by atoms with Crippen LogP contribution in [0.3, 0.4) is 0 Å². The quantitative estimate of drug-likeness (QED) is 0.878. The summed E-state index contributed by atoms with van der Waals surface area (Å²) >= 11 is 1.81. The van der Waals surface area contributed by atoms with Gasteiger partial charge in [0.1, 0.15) is 0 Å². The molecule has 0 spiro atoms. The first-order chi connectivity index (χ1) is 8.91. The van der Waals surface area contributed by atoms with Crippen molar-refractivity contribution in [1.82, 2.24) is 5.32 Å². The Kier molecular flexibility index (Phi) is 3.76. The second kappa shape index (κ2) is 5.17. The van der Waals surface area contributed by atoms with Crippen LogP contribution in [-0.2, 0) is 5.41 Å². The van der Waals surface area contributed by atoms with E-state index in [1.807, 2.05) is 35.6 Å². The number of nitrogens with one attached hydrogen (secondary N) is 1. The third-order valence-electron chi connectivity index (χ3n) is 3.00. The van der Waals surface area contributed by atoms with E-state index in [0.29, 0.717) is 5.56 Å². The lowest BCUT2D eigenvalue weighted by atomic mass is 9.95. The van der Waals surface area contributed by atoms with Gasteiger partial charge in [0, 0.05) is 22.4 Å². The fourth-order valence-corrected chi connectivity index (χ4v) is 2.90. The van der Waals surface area contributed by atoms with Crippen LogP contribution in [0.4, 0.5) is 0 Å². The molecule has 100 valence electrons. The lowest BCUT2D eigenvalue weighted by molar-refractivity contribution is 0.0963. The van der Waals surface area contributed by atoms with E-state index in [1.165, 1.54) is 9.75 Å². The van der Waals surface area contributed by atoms with Gasteiger partial charge in [-0.3, -0.25) is 4.79 Å². The number of benzene rings is 1. The second-order valence-corrected chi connectivity index (χ2v) is 6.65. The fraction of sp³-hybridized carbons (Fsp3) is 0.312. The van der Waals surface area contributed by atoms with Gasteiger partial charge in [0.05, 0.1) is 0 Å². The van der Waals surface area contributed by atoms with Gasteiger partial charge in [0.15, 0.2) is 0 Å². The van der Waals surface area contributed by atoms with Crippen LogP contribution in [0.5, 0.6) is 0 Å². The Morgan fingerprint density at radius 2 is 1.68 bits per heavy atom. The van der Waals surface area contributed by atoms with E-state index in [-0.39, 0.29) is 11.3 Å². The van der Waals surface area contributed by atoms with E-state index in [1.54, 1.807) is 7.05 Å². The molecule has 0 bridgehead atoms. The van der Waals surface area contributed by atoms with Crippen molar-refractivity contribution in [1.29, 1.82) is 0 Å². The van der Waals surface area contributed by atoms with Crippen LogP contribution in [0.25, 0.3) is 10.4 Å². The average Bonchev–Trinajstić information content (AvgIpc) is 2.87. The molecule has 0 aliphatic heterocycles. The summed E-state index contributed by atoms with van der Waals surface area (Å²) in [5.74, 6) is -0.0480. The molecule has 1 aromatic heterocycles. The van der Waals surface area contributed by atoms with Gasteiger partial charge in [-0.2, -0.15) is 0 Å². The van der Waals surface area contributed by atoms with Crippen molar-refractivity contribution in [2.45, 2.75) is 26.2 Å². The Hall–Kier alpha value is -1.61. The molecule has 0 aliphatic rings. The predicted molar refractivity (Wildman–Crippen MR) is 81.8 cm³/mol. The van der Waals surface area contributed by atoms with Crippen LogP contribution >= 0.6 is 11.3 Å². The summed E-state index contributed by atoms with van der Waals surface area (Å²) in [5, 5.41) is 2.63. The van der Waals surface area contributed by atoms with Gasteiger partial charge in [-0.15, -0.1) is 11.3 Å². The van der Waals surface area contributed by atoms with Gasteiger partial charge in [-0.1, -0.05) is 32.9 Å². The van der Waals surface area contributed by atoms with Crippen molar-refractivity contribution in [3.63, 3.8) is 0 Å². The Balaban J connectivity index is 2.28. The molecule has 0 unspecified atom stereocenters. The molecule has 2 nitrogen and oxygen atoms in total. The highest BCUT2D eigenvalue weighted by Gasteiger charge is 2.16. The SMILES string of the molecule is CNC(=O)c1ccc(-c2ccc(C(C)(C)C)s2)cc1. The van der Waals surface area contributed by atoms with Crippen molar-refractivity contribution in [2.75, 3.05) is 7.05 Å². The summed E-state index contributed by atoms with van der Waals surface area (Å²) in [6, 6.07) is 12.1. The molecule has 1 N–H and O–H groups in total. The maximum atomic E-state index is 11.5. The first-order valence-electron chi connectivity index (χ1n) is 6.34. The van der Waals surface area contributed by atoms with Crippen molar-refractivity contribution < 1.29 is 4.79 Å². The fourth-order valence-electron chi connectivity index (χ4n) is 1.83. The smallest absolute Gasteiger partial charge is 0.251 e. The lowest BCUT2D eigenvalue weighted by Crippen LogP contribution is -2.17. The molecule has 19 heavy (non-hydrogen) atoms. The molecule has 0 radical (unpaired) electrons. The zero-order valence-corrected chi connectivity index (χ0v) is 12.6. The summed E-state index contributed by atoms with van der Waals surface area (Å²) in [6.07, 6.45) is 0. The zero-order chi connectivity index (χ0) is 14.0. The monoisotopic (exact) mass is 273 g/mol. The molecule has 1 amide bonds. The van der Waals surface area contributed by atoms with Crippen LogP contribution in [0.2, 0.25) is 0 Å². The minimum atomic E-state index is -0.0480. The van der Waals surface area contributed by atoms with Crippen molar-refractivity contribution >= 4 is 17.2 Å².